The molecule has 0 aliphatic carbocycles. The third-order valence-corrected chi connectivity index (χ3v) is 4.78. The first-order valence-electron chi connectivity index (χ1n) is 10.6. The summed E-state index contributed by atoms with van der Waals surface area (Å²) in [5.41, 5.74) is 0. The van der Waals surface area contributed by atoms with Crippen molar-refractivity contribution < 1.29 is 36.9 Å². The average Bonchev–Trinajstić information content (AvgIpc) is 2.59. The number of carbonyl (C=O) groups excluding carboxylic acids is 2. The summed E-state index contributed by atoms with van der Waals surface area (Å²) in [6.07, 6.45) is 21.8. The minimum atomic E-state index is -1.36. The van der Waals surface area contributed by atoms with Crippen LogP contribution in [-0.2, 0) is 26.7 Å². The Morgan fingerprint density at radius 1 is 0.741 bits per heavy atom. The zero-order chi connectivity index (χ0) is 19.5. The minimum absolute atomic E-state index is 0. The van der Waals surface area contributed by atoms with Crippen molar-refractivity contribution in [3.63, 3.8) is 0 Å². The monoisotopic (exact) mass is 429 g/mol. The molecule has 0 aromatic rings. The summed E-state index contributed by atoms with van der Waals surface area (Å²) in [4.78, 5) is 21.2. The first kappa shape index (κ1) is 28.4. The van der Waals surface area contributed by atoms with E-state index in [-0.39, 0.29) is 17.1 Å². The molecular formula is C22H38CuO4. The van der Waals surface area contributed by atoms with Crippen molar-refractivity contribution in [2.24, 2.45) is 5.92 Å². The number of allylic oxidation sites excluding steroid dienone is 1. The summed E-state index contributed by atoms with van der Waals surface area (Å²) >= 11 is 0. The SMILES string of the molecule is CCCCCCCCCCCCCCCCC=CC(CC(=O)[O-])C(=O)[O-].[Cu+2]. The molecule has 0 heterocycles. The molecule has 0 saturated carbocycles. The van der Waals surface area contributed by atoms with Gasteiger partial charge in [-0.15, -0.1) is 0 Å². The van der Waals surface area contributed by atoms with E-state index in [0.717, 1.165) is 19.3 Å². The van der Waals surface area contributed by atoms with Crippen LogP contribution in [0.5, 0.6) is 0 Å². The second kappa shape index (κ2) is 21.5. The third kappa shape index (κ3) is 21.4. The van der Waals surface area contributed by atoms with Crippen molar-refractivity contribution in [2.45, 2.75) is 110 Å². The Morgan fingerprint density at radius 3 is 1.52 bits per heavy atom. The van der Waals surface area contributed by atoms with Gasteiger partial charge in [0.05, 0.1) is 0 Å². The number of aliphatic carboxylic acids is 2. The molecule has 0 saturated heterocycles. The molecule has 0 aliphatic heterocycles. The van der Waals surface area contributed by atoms with Crippen LogP contribution in [0.15, 0.2) is 12.2 Å². The molecule has 0 bridgehead atoms. The quantitative estimate of drug-likeness (QED) is 0.177. The smallest absolute Gasteiger partial charge is 0.550 e. The molecule has 0 fully saturated rings. The summed E-state index contributed by atoms with van der Waals surface area (Å²) in [6.45, 7) is 2.25. The zero-order valence-electron chi connectivity index (χ0n) is 17.0. The van der Waals surface area contributed by atoms with Gasteiger partial charge in [0.15, 0.2) is 0 Å². The molecule has 161 valence electrons. The van der Waals surface area contributed by atoms with Gasteiger partial charge in [-0.25, -0.2) is 0 Å². The Labute approximate surface area is 176 Å². The van der Waals surface area contributed by atoms with Gasteiger partial charge in [0, 0.05) is 17.9 Å². The molecule has 0 aliphatic rings. The Bertz CT molecular complexity index is 383. The fourth-order valence-electron chi connectivity index (χ4n) is 3.13. The molecule has 0 aromatic carbocycles. The predicted octanol–water partition coefficient (Wildman–Crippen LogP) is 3.92. The Balaban J connectivity index is 0. The largest absolute Gasteiger partial charge is 2.00 e. The number of hydrogen-bond donors (Lipinski definition) is 0. The van der Waals surface area contributed by atoms with Gasteiger partial charge < -0.3 is 19.8 Å². The Hall–Kier alpha value is -0.801. The second-order valence-corrected chi connectivity index (χ2v) is 7.31. The van der Waals surface area contributed by atoms with Gasteiger partial charge in [0.25, 0.3) is 0 Å². The van der Waals surface area contributed by atoms with Gasteiger partial charge in [-0.3, -0.25) is 0 Å². The van der Waals surface area contributed by atoms with Crippen molar-refractivity contribution in [1.29, 1.82) is 0 Å². The topological polar surface area (TPSA) is 80.3 Å². The number of unbranched alkanes of at least 4 members (excludes halogenated alkanes) is 14. The summed E-state index contributed by atoms with van der Waals surface area (Å²) in [5.74, 6) is -3.79. The van der Waals surface area contributed by atoms with Gasteiger partial charge in [0.2, 0.25) is 0 Å². The number of carboxylic acid groups (broad SMARTS) is 2. The van der Waals surface area contributed by atoms with Crippen molar-refractivity contribution >= 4 is 11.9 Å². The maximum atomic E-state index is 10.8. The van der Waals surface area contributed by atoms with E-state index in [0.29, 0.717) is 0 Å². The van der Waals surface area contributed by atoms with E-state index < -0.39 is 24.3 Å². The van der Waals surface area contributed by atoms with Crippen molar-refractivity contribution in [2.75, 3.05) is 0 Å². The van der Waals surface area contributed by atoms with Crippen LogP contribution in [0.2, 0.25) is 0 Å². The molecule has 0 N–H and O–H groups in total. The number of carboxylic acids is 2. The summed E-state index contributed by atoms with van der Waals surface area (Å²) in [7, 11) is 0. The van der Waals surface area contributed by atoms with Crippen LogP contribution in [0.25, 0.3) is 0 Å². The molecule has 0 rings (SSSR count). The molecule has 0 aromatic heterocycles. The van der Waals surface area contributed by atoms with Crippen LogP contribution < -0.4 is 10.2 Å². The maximum absolute atomic E-state index is 10.8. The third-order valence-electron chi connectivity index (χ3n) is 4.78. The van der Waals surface area contributed by atoms with Gasteiger partial charge in [-0.1, -0.05) is 103 Å². The molecule has 0 amide bonds. The predicted molar refractivity (Wildman–Crippen MR) is 102 cm³/mol. The molecule has 1 atom stereocenters. The average molecular weight is 430 g/mol. The normalized spacial score (nSPS) is 12.0. The van der Waals surface area contributed by atoms with Crippen LogP contribution in [0, 0.1) is 5.92 Å². The zero-order valence-corrected chi connectivity index (χ0v) is 17.9. The van der Waals surface area contributed by atoms with E-state index in [9.17, 15) is 19.8 Å². The van der Waals surface area contributed by atoms with Crippen molar-refractivity contribution in [3.05, 3.63) is 12.2 Å². The summed E-state index contributed by atoms with van der Waals surface area (Å²) in [5, 5.41) is 21.2. The van der Waals surface area contributed by atoms with Gasteiger partial charge >= 0.3 is 17.1 Å². The Morgan fingerprint density at radius 2 is 1.15 bits per heavy atom. The first-order valence-corrected chi connectivity index (χ1v) is 10.6. The van der Waals surface area contributed by atoms with E-state index in [2.05, 4.69) is 6.92 Å². The molecule has 0 spiro atoms. The second-order valence-electron chi connectivity index (χ2n) is 7.31. The molecule has 1 unspecified atom stereocenters. The molecule has 4 nitrogen and oxygen atoms in total. The number of carbonyl (C=O) groups is 2. The van der Waals surface area contributed by atoms with Crippen LogP contribution in [0.4, 0.5) is 0 Å². The fraction of sp³-hybridized carbons (Fsp3) is 0.818. The van der Waals surface area contributed by atoms with Crippen LogP contribution in [0.1, 0.15) is 110 Å². The van der Waals surface area contributed by atoms with Gasteiger partial charge in [0.1, 0.15) is 0 Å². The minimum Gasteiger partial charge on any atom is -0.550 e. The Kier molecular flexibility index (Phi) is 22.6. The molecule has 27 heavy (non-hydrogen) atoms. The van der Waals surface area contributed by atoms with Gasteiger partial charge in [-0.2, -0.15) is 0 Å². The first-order chi connectivity index (χ1) is 12.6. The number of rotatable bonds is 19. The van der Waals surface area contributed by atoms with Crippen LogP contribution in [-0.4, -0.2) is 11.9 Å². The standard InChI is InChI=1S/C22H40O4.Cu/c1-2-3-4-5-6-7-8-9-10-11-12-13-14-15-16-17-18-20(22(25)26)19-21(23)24;/h17-18,20H,2-16,19H2,1H3,(H,23,24)(H,25,26);/q;+2/p-2. The van der Waals surface area contributed by atoms with E-state index in [1.54, 1.807) is 6.08 Å². The van der Waals surface area contributed by atoms with Gasteiger partial charge in [-0.05, 0) is 19.3 Å². The fourth-order valence-corrected chi connectivity index (χ4v) is 3.13. The van der Waals surface area contributed by atoms with Crippen LogP contribution in [0.3, 0.4) is 0 Å². The van der Waals surface area contributed by atoms with E-state index in [1.807, 2.05) is 0 Å². The van der Waals surface area contributed by atoms with E-state index in [4.69, 9.17) is 0 Å². The number of hydrogen-bond acceptors (Lipinski definition) is 4. The van der Waals surface area contributed by atoms with E-state index in [1.165, 1.54) is 83.1 Å². The van der Waals surface area contributed by atoms with Crippen LogP contribution >= 0.6 is 0 Å². The maximum Gasteiger partial charge on any atom is 2.00 e. The molecule has 5 heteroatoms. The molecular weight excluding hydrogens is 392 g/mol. The summed E-state index contributed by atoms with van der Waals surface area (Å²) < 4.78 is 0. The van der Waals surface area contributed by atoms with Crippen molar-refractivity contribution in [3.8, 4) is 0 Å². The molecule has 1 radical (unpaired) electrons. The van der Waals surface area contributed by atoms with E-state index >= 15 is 0 Å². The summed E-state index contributed by atoms with van der Waals surface area (Å²) in [6, 6.07) is 0. The van der Waals surface area contributed by atoms with Crippen molar-refractivity contribution in [1.82, 2.24) is 0 Å².